The van der Waals surface area contributed by atoms with E-state index < -0.39 is 23.7 Å². The Bertz CT molecular complexity index is 677. The molecule has 1 aromatic rings. The molecule has 0 bridgehead atoms. The van der Waals surface area contributed by atoms with Crippen molar-refractivity contribution in [1.29, 1.82) is 0 Å². The second-order valence-corrected chi connectivity index (χ2v) is 6.53. The van der Waals surface area contributed by atoms with Gasteiger partial charge in [0.25, 0.3) is 5.91 Å². The molecule has 1 saturated carbocycles. The first-order valence-electron chi connectivity index (χ1n) is 7.52. The molecule has 7 heteroatoms. The van der Waals surface area contributed by atoms with E-state index in [1.54, 1.807) is 6.92 Å². The molecule has 1 aliphatic heterocycles. The molecule has 1 aromatic carbocycles. The SMILES string of the molecule is C[C@@]1(c2cc(NC(=O)C(F)F)ccc2F)C[C@H]2CC2CC(N)=N1. The van der Waals surface area contributed by atoms with E-state index in [1.807, 2.05) is 0 Å². The zero-order chi connectivity index (χ0) is 16.8. The number of nitrogens with two attached hydrogens (primary N) is 1. The minimum atomic E-state index is -3.13. The number of amidine groups is 1. The maximum Gasteiger partial charge on any atom is 0.315 e. The van der Waals surface area contributed by atoms with Crippen LogP contribution in [-0.2, 0) is 10.3 Å². The Morgan fingerprint density at radius 3 is 2.87 bits per heavy atom. The summed E-state index contributed by atoms with van der Waals surface area (Å²) >= 11 is 0. The van der Waals surface area contributed by atoms with Crippen LogP contribution in [0.5, 0.6) is 0 Å². The van der Waals surface area contributed by atoms with E-state index >= 15 is 0 Å². The van der Waals surface area contributed by atoms with Gasteiger partial charge in [0.15, 0.2) is 0 Å². The second kappa shape index (κ2) is 5.54. The van der Waals surface area contributed by atoms with E-state index in [2.05, 4.69) is 10.3 Å². The van der Waals surface area contributed by atoms with E-state index in [0.29, 0.717) is 30.5 Å². The first-order valence-corrected chi connectivity index (χ1v) is 7.52. The number of fused-ring (bicyclic) bond motifs is 1. The summed E-state index contributed by atoms with van der Waals surface area (Å²) in [5, 5.41) is 2.08. The van der Waals surface area contributed by atoms with E-state index in [1.165, 1.54) is 12.1 Å². The van der Waals surface area contributed by atoms with Gasteiger partial charge in [-0.15, -0.1) is 0 Å². The number of nitrogens with zero attached hydrogens (tertiary/aromatic N) is 1. The Morgan fingerprint density at radius 1 is 1.43 bits per heavy atom. The summed E-state index contributed by atoms with van der Waals surface area (Å²) < 4.78 is 39.0. The molecule has 0 radical (unpaired) electrons. The Labute approximate surface area is 132 Å². The molecule has 1 unspecified atom stereocenters. The van der Waals surface area contributed by atoms with Gasteiger partial charge < -0.3 is 11.1 Å². The number of hydrogen-bond acceptors (Lipinski definition) is 3. The van der Waals surface area contributed by atoms with Gasteiger partial charge in [-0.25, -0.2) is 4.39 Å². The second-order valence-electron chi connectivity index (χ2n) is 6.53. The minimum Gasteiger partial charge on any atom is -0.387 e. The van der Waals surface area contributed by atoms with Crippen LogP contribution < -0.4 is 11.1 Å². The van der Waals surface area contributed by atoms with Crippen LogP contribution in [0.4, 0.5) is 18.9 Å². The molecule has 0 aromatic heterocycles. The highest BCUT2D eigenvalue weighted by Gasteiger charge is 2.46. The summed E-state index contributed by atoms with van der Waals surface area (Å²) in [4.78, 5) is 15.6. The summed E-state index contributed by atoms with van der Waals surface area (Å²) in [7, 11) is 0. The number of hydrogen-bond donors (Lipinski definition) is 2. The van der Waals surface area contributed by atoms with Crippen molar-refractivity contribution in [3.05, 3.63) is 29.6 Å². The number of amides is 1. The van der Waals surface area contributed by atoms with Gasteiger partial charge in [0.1, 0.15) is 5.82 Å². The average molecular weight is 325 g/mol. The summed E-state index contributed by atoms with van der Waals surface area (Å²) in [5.74, 6) is -0.468. The summed E-state index contributed by atoms with van der Waals surface area (Å²) in [6.45, 7) is 1.79. The third-order valence-corrected chi connectivity index (χ3v) is 4.60. The van der Waals surface area contributed by atoms with E-state index in [4.69, 9.17) is 5.73 Å². The number of benzene rings is 1. The smallest absolute Gasteiger partial charge is 0.315 e. The molecule has 1 aliphatic carbocycles. The molecular formula is C16H18F3N3O. The monoisotopic (exact) mass is 325 g/mol. The van der Waals surface area contributed by atoms with Gasteiger partial charge in [-0.1, -0.05) is 0 Å². The predicted molar refractivity (Wildman–Crippen MR) is 80.8 cm³/mol. The largest absolute Gasteiger partial charge is 0.387 e. The van der Waals surface area contributed by atoms with E-state index in [-0.39, 0.29) is 11.3 Å². The topological polar surface area (TPSA) is 67.5 Å². The minimum absolute atomic E-state index is 0.123. The van der Waals surface area contributed by atoms with Crippen LogP contribution in [0.2, 0.25) is 0 Å². The van der Waals surface area contributed by atoms with Crippen LogP contribution in [-0.4, -0.2) is 18.2 Å². The maximum absolute atomic E-state index is 14.3. The molecule has 3 atom stereocenters. The fraction of sp³-hybridized carbons (Fsp3) is 0.500. The van der Waals surface area contributed by atoms with Crippen LogP contribution in [0, 0.1) is 17.7 Å². The van der Waals surface area contributed by atoms with Crippen molar-refractivity contribution in [2.24, 2.45) is 22.6 Å². The lowest BCUT2D eigenvalue weighted by Gasteiger charge is -2.27. The number of carbonyl (C=O) groups excluding carboxylic acids is 1. The van der Waals surface area contributed by atoms with Gasteiger partial charge >= 0.3 is 6.43 Å². The molecule has 0 spiro atoms. The van der Waals surface area contributed by atoms with Crippen molar-refractivity contribution in [3.8, 4) is 0 Å². The lowest BCUT2D eigenvalue weighted by atomic mass is 9.86. The Hall–Kier alpha value is -2.05. The number of alkyl halides is 2. The van der Waals surface area contributed by atoms with Crippen LogP contribution >= 0.6 is 0 Å². The van der Waals surface area contributed by atoms with Gasteiger partial charge in [-0.2, -0.15) is 8.78 Å². The zero-order valence-corrected chi connectivity index (χ0v) is 12.7. The first kappa shape index (κ1) is 15.8. The third kappa shape index (κ3) is 3.18. The predicted octanol–water partition coefficient (Wildman–Crippen LogP) is 3.03. The molecular weight excluding hydrogens is 307 g/mol. The normalized spacial score (nSPS) is 29.5. The lowest BCUT2D eigenvalue weighted by molar-refractivity contribution is -0.126. The van der Waals surface area contributed by atoms with Gasteiger partial charge in [-0.05, 0) is 49.8 Å². The number of nitrogens with one attached hydrogen (secondary N) is 1. The molecule has 3 rings (SSSR count). The molecule has 1 fully saturated rings. The van der Waals surface area contributed by atoms with Gasteiger partial charge in [-0.3, -0.25) is 9.79 Å². The average Bonchev–Trinajstić information content (AvgIpc) is 3.17. The number of carbonyl (C=O) groups is 1. The van der Waals surface area contributed by atoms with E-state index in [9.17, 15) is 18.0 Å². The molecule has 2 aliphatic rings. The van der Waals surface area contributed by atoms with Crippen LogP contribution in [0.3, 0.4) is 0 Å². The van der Waals surface area contributed by atoms with Crippen molar-refractivity contribution >= 4 is 17.4 Å². The molecule has 23 heavy (non-hydrogen) atoms. The number of halogens is 3. The Morgan fingerprint density at radius 2 is 2.17 bits per heavy atom. The number of rotatable bonds is 3. The summed E-state index contributed by atoms with van der Waals surface area (Å²) in [6, 6.07) is 3.78. The Kier molecular flexibility index (Phi) is 3.82. The van der Waals surface area contributed by atoms with Crippen LogP contribution in [0.25, 0.3) is 0 Å². The highest BCUT2D eigenvalue weighted by molar-refractivity contribution is 5.93. The zero-order valence-electron chi connectivity index (χ0n) is 12.7. The molecule has 3 N–H and O–H groups in total. The summed E-state index contributed by atoms with van der Waals surface area (Å²) in [6.07, 6.45) is -0.710. The molecule has 0 saturated heterocycles. The highest BCUT2D eigenvalue weighted by Crippen LogP contribution is 2.52. The van der Waals surface area contributed by atoms with Crippen molar-refractivity contribution in [3.63, 3.8) is 0 Å². The first-order chi connectivity index (χ1) is 10.8. The fourth-order valence-electron chi connectivity index (χ4n) is 3.38. The molecule has 124 valence electrons. The molecule has 4 nitrogen and oxygen atoms in total. The number of anilines is 1. The maximum atomic E-state index is 14.3. The van der Waals surface area contributed by atoms with E-state index in [0.717, 1.165) is 12.5 Å². The quantitative estimate of drug-likeness (QED) is 0.897. The van der Waals surface area contributed by atoms with Crippen molar-refractivity contribution < 1.29 is 18.0 Å². The van der Waals surface area contributed by atoms with Gasteiger partial charge in [0.05, 0.1) is 11.4 Å². The summed E-state index contributed by atoms with van der Waals surface area (Å²) in [5.41, 5.74) is 5.47. The molecule has 1 amide bonds. The molecule has 1 heterocycles. The van der Waals surface area contributed by atoms with Gasteiger partial charge in [0.2, 0.25) is 0 Å². The van der Waals surface area contributed by atoms with Crippen molar-refractivity contribution in [2.45, 2.75) is 38.2 Å². The number of aliphatic imine (C=N–C) groups is 1. The van der Waals surface area contributed by atoms with Crippen molar-refractivity contribution in [2.75, 3.05) is 5.32 Å². The third-order valence-electron chi connectivity index (χ3n) is 4.60. The van der Waals surface area contributed by atoms with Crippen LogP contribution in [0.1, 0.15) is 31.7 Å². The Balaban J connectivity index is 1.94. The van der Waals surface area contributed by atoms with Gasteiger partial charge in [0, 0.05) is 17.7 Å². The van der Waals surface area contributed by atoms with Crippen molar-refractivity contribution in [1.82, 2.24) is 0 Å². The standard InChI is InChI=1S/C16H18F3N3O/c1-16(7-9-4-8(9)5-13(20)22-16)11-6-10(2-3-12(11)17)21-15(23)14(18)19/h2-3,6,8-9,14H,4-5,7H2,1H3,(H2,20,22)(H,21,23)/t8?,9-,16+/m1/s1. The fourth-order valence-corrected chi connectivity index (χ4v) is 3.38. The highest BCUT2D eigenvalue weighted by atomic mass is 19.3. The lowest BCUT2D eigenvalue weighted by Crippen LogP contribution is -2.26. The van der Waals surface area contributed by atoms with Crippen LogP contribution in [0.15, 0.2) is 23.2 Å².